The number of carbonyl (C=O) groups excluding carboxylic acids is 1. The molecule has 1 aliphatic carbocycles. The molecule has 0 unspecified atom stereocenters. The minimum absolute atomic E-state index is 0.172. The average Bonchev–Trinajstić information content (AvgIpc) is 2.34. The van der Waals surface area contributed by atoms with Crippen LogP contribution in [0.5, 0.6) is 0 Å². The number of hydrogen-bond donors (Lipinski definition) is 1. The molecule has 0 atom stereocenters. The lowest BCUT2D eigenvalue weighted by Crippen LogP contribution is -2.63. The first kappa shape index (κ1) is 15.3. The van der Waals surface area contributed by atoms with Crippen LogP contribution in [0.15, 0.2) is 24.3 Å². The number of carbonyl (C=O) groups is 1. The number of likely N-dealkylation sites (tertiary alicyclic amines) is 1. The Kier molecular flexibility index (Phi) is 3.68. The fraction of sp³-hybridized carbons (Fsp3) is 0.611. The predicted octanol–water partition coefficient (Wildman–Crippen LogP) is 3.26. The Morgan fingerprint density at radius 3 is 2.36 bits per heavy atom. The number of amides is 1. The zero-order chi connectivity index (χ0) is 16.0. The molecular weight excluding hydrogens is 276 g/mol. The first-order chi connectivity index (χ1) is 10.3. The molecule has 0 radical (unpaired) electrons. The van der Waals surface area contributed by atoms with Crippen LogP contribution in [0.4, 0.5) is 4.79 Å². The summed E-state index contributed by atoms with van der Waals surface area (Å²) in [7, 11) is 0. The summed E-state index contributed by atoms with van der Waals surface area (Å²) in [6.45, 7) is 8.01. The maximum absolute atomic E-state index is 12.0. The molecule has 0 bridgehead atoms. The van der Waals surface area contributed by atoms with Crippen LogP contribution < -0.4 is 5.73 Å². The van der Waals surface area contributed by atoms with E-state index in [1.165, 1.54) is 24.0 Å². The van der Waals surface area contributed by atoms with Gasteiger partial charge in [-0.15, -0.1) is 0 Å². The highest BCUT2D eigenvalue weighted by Gasteiger charge is 2.54. The second kappa shape index (κ2) is 5.27. The molecule has 3 rings (SSSR count). The topological polar surface area (TPSA) is 55.6 Å². The average molecular weight is 302 g/mol. The molecular formula is C18H26N2O2. The highest BCUT2D eigenvalue weighted by Crippen LogP contribution is 2.56. The van der Waals surface area contributed by atoms with E-state index in [4.69, 9.17) is 10.5 Å². The van der Waals surface area contributed by atoms with Crippen LogP contribution in [0, 0.1) is 5.41 Å². The quantitative estimate of drug-likeness (QED) is 0.912. The molecule has 2 N–H and O–H groups in total. The van der Waals surface area contributed by atoms with Crippen molar-refractivity contribution in [2.24, 2.45) is 11.1 Å². The highest BCUT2D eigenvalue weighted by molar-refractivity contribution is 5.69. The van der Waals surface area contributed by atoms with Crippen LogP contribution >= 0.6 is 0 Å². The number of benzene rings is 1. The Labute approximate surface area is 132 Å². The molecule has 1 aromatic rings. The Hall–Kier alpha value is -1.55. The Morgan fingerprint density at radius 2 is 1.86 bits per heavy atom. The Bertz CT molecular complexity index is 545. The fourth-order valence-electron chi connectivity index (χ4n) is 3.62. The summed E-state index contributed by atoms with van der Waals surface area (Å²) >= 11 is 0. The van der Waals surface area contributed by atoms with E-state index in [0.29, 0.717) is 17.9 Å². The molecule has 1 spiro atoms. The molecule has 1 heterocycles. The van der Waals surface area contributed by atoms with E-state index in [1.54, 1.807) is 0 Å². The van der Waals surface area contributed by atoms with Gasteiger partial charge in [-0.2, -0.15) is 0 Å². The van der Waals surface area contributed by atoms with E-state index in [2.05, 4.69) is 24.3 Å². The van der Waals surface area contributed by atoms with Crippen molar-refractivity contribution < 1.29 is 9.53 Å². The zero-order valence-corrected chi connectivity index (χ0v) is 13.8. The molecule has 1 aliphatic heterocycles. The van der Waals surface area contributed by atoms with Gasteiger partial charge < -0.3 is 15.4 Å². The van der Waals surface area contributed by atoms with Crippen molar-refractivity contribution >= 4 is 6.09 Å². The van der Waals surface area contributed by atoms with Crippen LogP contribution in [0.25, 0.3) is 0 Å². The highest BCUT2D eigenvalue weighted by atomic mass is 16.6. The van der Waals surface area contributed by atoms with Gasteiger partial charge in [-0.05, 0) is 50.7 Å². The summed E-state index contributed by atoms with van der Waals surface area (Å²) in [5, 5.41) is 0. The lowest BCUT2D eigenvalue weighted by molar-refractivity contribution is -0.0786. The predicted molar refractivity (Wildman–Crippen MR) is 86.5 cm³/mol. The molecule has 1 amide bonds. The van der Waals surface area contributed by atoms with Crippen molar-refractivity contribution in [3.05, 3.63) is 35.4 Å². The van der Waals surface area contributed by atoms with Gasteiger partial charge in [-0.3, -0.25) is 0 Å². The molecule has 1 saturated heterocycles. The number of hydrogen-bond acceptors (Lipinski definition) is 3. The molecule has 2 fully saturated rings. The first-order valence-electron chi connectivity index (χ1n) is 8.07. The summed E-state index contributed by atoms with van der Waals surface area (Å²) in [6.07, 6.45) is 2.18. The monoisotopic (exact) mass is 302 g/mol. The van der Waals surface area contributed by atoms with Crippen LogP contribution in [0.2, 0.25) is 0 Å². The maximum atomic E-state index is 12.0. The van der Waals surface area contributed by atoms with Crippen molar-refractivity contribution in [3.63, 3.8) is 0 Å². The van der Waals surface area contributed by atoms with Crippen LogP contribution in [0.1, 0.15) is 50.7 Å². The van der Waals surface area contributed by atoms with Crippen molar-refractivity contribution in [2.75, 3.05) is 13.1 Å². The summed E-state index contributed by atoms with van der Waals surface area (Å²) in [5.41, 5.74) is 8.15. The van der Waals surface area contributed by atoms with Crippen LogP contribution in [-0.2, 0) is 11.3 Å². The van der Waals surface area contributed by atoms with Gasteiger partial charge in [0.05, 0.1) is 0 Å². The molecule has 120 valence electrons. The second-order valence-corrected chi connectivity index (χ2v) is 7.89. The van der Waals surface area contributed by atoms with Crippen molar-refractivity contribution in [1.29, 1.82) is 0 Å². The van der Waals surface area contributed by atoms with Crippen LogP contribution in [-0.4, -0.2) is 29.7 Å². The third kappa shape index (κ3) is 2.98. The molecule has 4 heteroatoms. The Balaban J connectivity index is 1.49. The molecule has 0 aromatic heterocycles. The van der Waals surface area contributed by atoms with E-state index in [9.17, 15) is 4.79 Å². The van der Waals surface area contributed by atoms with Gasteiger partial charge in [0.2, 0.25) is 0 Å². The van der Waals surface area contributed by atoms with Gasteiger partial charge in [-0.25, -0.2) is 4.79 Å². The standard InChI is InChI=1S/C18H26N2O2/c1-17(2,3)22-16(21)20-11-18(12-20)8-15(9-18)14-6-4-13(10-19)5-7-14/h4-7,15H,8-12,19H2,1-3H3. The van der Waals surface area contributed by atoms with E-state index in [1.807, 2.05) is 25.7 Å². The van der Waals surface area contributed by atoms with Crippen molar-refractivity contribution in [3.8, 4) is 0 Å². The van der Waals surface area contributed by atoms with Crippen molar-refractivity contribution in [2.45, 2.75) is 51.7 Å². The normalized spacial score (nSPS) is 20.5. The molecule has 4 nitrogen and oxygen atoms in total. The van der Waals surface area contributed by atoms with E-state index >= 15 is 0 Å². The van der Waals surface area contributed by atoms with Gasteiger partial charge >= 0.3 is 6.09 Å². The van der Waals surface area contributed by atoms with E-state index in [-0.39, 0.29) is 6.09 Å². The van der Waals surface area contributed by atoms with E-state index in [0.717, 1.165) is 13.1 Å². The molecule has 2 aliphatic rings. The molecule has 1 aromatic carbocycles. The number of ether oxygens (including phenoxy) is 1. The number of nitrogens with zero attached hydrogens (tertiary/aromatic N) is 1. The third-order valence-electron chi connectivity index (χ3n) is 4.75. The zero-order valence-electron chi connectivity index (χ0n) is 13.8. The van der Waals surface area contributed by atoms with Gasteiger partial charge in [0.1, 0.15) is 5.60 Å². The summed E-state index contributed by atoms with van der Waals surface area (Å²) in [4.78, 5) is 13.8. The number of rotatable bonds is 2. The lowest BCUT2D eigenvalue weighted by Gasteiger charge is -2.59. The third-order valence-corrected chi connectivity index (χ3v) is 4.75. The minimum Gasteiger partial charge on any atom is -0.444 e. The largest absolute Gasteiger partial charge is 0.444 e. The fourth-order valence-corrected chi connectivity index (χ4v) is 3.62. The molecule has 1 saturated carbocycles. The van der Waals surface area contributed by atoms with Gasteiger partial charge in [-0.1, -0.05) is 24.3 Å². The summed E-state index contributed by atoms with van der Waals surface area (Å²) < 4.78 is 5.42. The summed E-state index contributed by atoms with van der Waals surface area (Å²) in [6, 6.07) is 8.64. The minimum atomic E-state index is -0.410. The van der Waals surface area contributed by atoms with Gasteiger partial charge in [0, 0.05) is 25.0 Å². The van der Waals surface area contributed by atoms with Crippen molar-refractivity contribution in [1.82, 2.24) is 4.90 Å². The first-order valence-corrected chi connectivity index (χ1v) is 8.07. The number of nitrogens with two attached hydrogens (primary N) is 1. The van der Waals surface area contributed by atoms with Gasteiger partial charge in [0.25, 0.3) is 0 Å². The lowest BCUT2D eigenvalue weighted by atomic mass is 9.56. The SMILES string of the molecule is CC(C)(C)OC(=O)N1CC2(CC(c3ccc(CN)cc3)C2)C1. The van der Waals surface area contributed by atoms with Gasteiger partial charge in [0.15, 0.2) is 0 Å². The van der Waals surface area contributed by atoms with Crippen LogP contribution in [0.3, 0.4) is 0 Å². The molecule has 22 heavy (non-hydrogen) atoms. The maximum Gasteiger partial charge on any atom is 0.410 e. The summed E-state index contributed by atoms with van der Waals surface area (Å²) in [5.74, 6) is 0.632. The second-order valence-electron chi connectivity index (χ2n) is 7.89. The Morgan fingerprint density at radius 1 is 1.27 bits per heavy atom. The smallest absolute Gasteiger partial charge is 0.410 e. The van der Waals surface area contributed by atoms with E-state index < -0.39 is 5.60 Å².